The van der Waals surface area contributed by atoms with Crippen molar-refractivity contribution in [1.82, 2.24) is 0 Å². The van der Waals surface area contributed by atoms with Crippen LogP contribution in [-0.4, -0.2) is 36.9 Å². The molecule has 2 atom stereocenters. The van der Waals surface area contributed by atoms with Gasteiger partial charge in [0.1, 0.15) is 11.7 Å². The Balaban J connectivity index is 3.20. The predicted octanol–water partition coefficient (Wildman–Crippen LogP) is 6.36. The van der Waals surface area contributed by atoms with Gasteiger partial charge >= 0.3 is 11.9 Å². The van der Waals surface area contributed by atoms with Gasteiger partial charge in [0.15, 0.2) is 11.5 Å². The van der Waals surface area contributed by atoms with E-state index in [0.29, 0.717) is 17.5 Å². The normalized spacial score (nSPS) is 13.3. The Bertz CT molecular complexity index is 783. The molecule has 2 unspecified atom stereocenters. The summed E-state index contributed by atoms with van der Waals surface area (Å²) in [4.78, 5) is 26.0. The molecule has 1 aromatic rings. The Morgan fingerprint density at radius 3 is 2.24 bits per heavy atom. The van der Waals surface area contributed by atoms with Crippen LogP contribution in [0.3, 0.4) is 0 Å². The summed E-state index contributed by atoms with van der Waals surface area (Å²) in [5, 5.41) is 10.1. The highest BCUT2D eigenvalue weighted by molar-refractivity contribution is 6.17. The van der Waals surface area contributed by atoms with Crippen LogP contribution in [0.25, 0.3) is 6.08 Å². The fraction of sp³-hybridized carbons (Fsp3) is 0.630. The van der Waals surface area contributed by atoms with Crippen LogP contribution in [0.4, 0.5) is 0 Å². The van der Waals surface area contributed by atoms with E-state index in [0.717, 1.165) is 44.9 Å². The quantitative estimate of drug-likeness (QED) is 0.141. The standard InChI is InChI=1S/C27H42O6/c1-7-11-13-20(9-3)18-32-26(29)23(27(30)33-22(10-4)14-12-8-2)16-21-15-19(5)25(28)24(17-21)31-6/h15-17,20,22,28H,7-14,18H2,1-6H3/b23-16+. The van der Waals surface area contributed by atoms with E-state index in [4.69, 9.17) is 14.2 Å². The maximum absolute atomic E-state index is 13.0. The van der Waals surface area contributed by atoms with Crippen LogP contribution >= 0.6 is 0 Å². The molecular formula is C27H42O6. The van der Waals surface area contributed by atoms with Gasteiger partial charge in [-0.3, -0.25) is 0 Å². The first kappa shape index (κ1) is 28.5. The minimum absolute atomic E-state index is 0.0219. The molecule has 1 aromatic carbocycles. The van der Waals surface area contributed by atoms with E-state index in [-0.39, 0.29) is 35.7 Å². The van der Waals surface area contributed by atoms with E-state index in [1.807, 2.05) is 6.92 Å². The first-order chi connectivity index (χ1) is 15.8. The molecule has 0 aliphatic rings. The topological polar surface area (TPSA) is 82.1 Å². The number of aromatic hydroxyl groups is 1. The Labute approximate surface area is 199 Å². The van der Waals surface area contributed by atoms with Gasteiger partial charge in [-0.05, 0) is 61.4 Å². The number of methoxy groups -OCH3 is 1. The smallest absolute Gasteiger partial charge is 0.345 e. The van der Waals surface area contributed by atoms with Gasteiger partial charge in [-0.2, -0.15) is 0 Å². The first-order valence-electron chi connectivity index (χ1n) is 12.3. The zero-order valence-corrected chi connectivity index (χ0v) is 21.2. The molecule has 1 N–H and O–H groups in total. The molecule has 6 nitrogen and oxygen atoms in total. The molecule has 0 heterocycles. The molecule has 0 amide bonds. The zero-order chi connectivity index (χ0) is 24.8. The molecule has 1 rings (SSSR count). The molecule has 33 heavy (non-hydrogen) atoms. The summed E-state index contributed by atoms with van der Waals surface area (Å²) in [6, 6.07) is 3.26. The molecular weight excluding hydrogens is 420 g/mol. The predicted molar refractivity (Wildman–Crippen MR) is 131 cm³/mol. The molecule has 0 bridgehead atoms. The maximum Gasteiger partial charge on any atom is 0.345 e. The summed E-state index contributed by atoms with van der Waals surface area (Å²) >= 11 is 0. The molecule has 0 radical (unpaired) electrons. The minimum atomic E-state index is -0.690. The lowest BCUT2D eigenvalue weighted by atomic mass is 10.0. The number of unbranched alkanes of at least 4 members (excludes halogenated alkanes) is 2. The summed E-state index contributed by atoms with van der Waals surface area (Å²) in [6.07, 6.45) is 8.62. The second-order valence-electron chi connectivity index (χ2n) is 8.54. The van der Waals surface area contributed by atoms with E-state index in [2.05, 4.69) is 20.8 Å². The lowest BCUT2D eigenvalue weighted by Gasteiger charge is -2.18. The molecule has 0 aliphatic carbocycles. The molecule has 0 aliphatic heterocycles. The number of phenolic OH excluding ortho intramolecular Hbond substituents is 1. The van der Waals surface area contributed by atoms with Crippen LogP contribution in [0.5, 0.6) is 11.5 Å². The van der Waals surface area contributed by atoms with Crippen LogP contribution in [0.1, 0.15) is 90.2 Å². The van der Waals surface area contributed by atoms with Gasteiger partial charge in [-0.1, -0.05) is 59.8 Å². The number of aryl methyl sites for hydroxylation is 1. The lowest BCUT2D eigenvalue weighted by molar-refractivity contribution is -0.151. The van der Waals surface area contributed by atoms with Gasteiger partial charge in [0.05, 0.1) is 13.7 Å². The monoisotopic (exact) mass is 462 g/mol. The van der Waals surface area contributed by atoms with Gasteiger partial charge in [0, 0.05) is 0 Å². The zero-order valence-electron chi connectivity index (χ0n) is 21.2. The third-order valence-corrected chi connectivity index (χ3v) is 5.86. The Morgan fingerprint density at radius 2 is 1.67 bits per heavy atom. The molecule has 0 saturated carbocycles. The average Bonchev–Trinajstić information content (AvgIpc) is 2.81. The Kier molecular flexibility index (Phi) is 13.3. The van der Waals surface area contributed by atoms with Crippen molar-refractivity contribution in [2.45, 2.75) is 92.1 Å². The second kappa shape index (κ2) is 15.4. The third kappa shape index (κ3) is 9.48. The van der Waals surface area contributed by atoms with Crippen LogP contribution in [0.2, 0.25) is 0 Å². The van der Waals surface area contributed by atoms with Gasteiger partial charge in [-0.25, -0.2) is 9.59 Å². The van der Waals surface area contributed by atoms with Crippen molar-refractivity contribution in [2.24, 2.45) is 5.92 Å². The number of phenols is 1. The highest BCUT2D eigenvalue weighted by atomic mass is 16.6. The SMILES string of the molecule is CCCCC(CC)COC(=O)/C(=C\c1cc(C)c(O)c(OC)c1)C(=O)OC(CC)CCCC. The van der Waals surface area contributed by atoms with Gasteiger partial charge in [-0.15, -0.1) is 0 Å². The van der Waals surface area contributed by atoms with Gasteiger partial charge in [0.2, 0.25) is 0 Å². The number of esters is 2. The first-order valence-corrected chi connectivity index (χ1v) is 12.3. The summed E-state index contributed by atoms with van der Waals surface area (Å²) < 4.78 is 16.5. The van der Waals surface area contributed by atoms with Gasteiger partial charge < -0.3 is 19.3 Å². The number of benzene rings is 1. The minimum Gasteiger partial charge on any atom is -0.504 e. The lowest BCUT2D eigenvalue weighted by Crippen LogP contribution is -2.25. The van der Waals surface area contributed by atoms with Crippen molar-refractivity contribution in [1.29, 1.82) is 0 Å². The molecule has 0 saturated heterocycles. The number of rotatable bonds is 15. The summed E-state index contributed by atoms with van der Waals surface area (Å²) in [5.41, 5.74) is 0.967. The fourth-order valence-corrected chi connectivity index (χ4v) is 3.54. The van der Waals surface area contributed by atoms with E-state index >= 15 is 0 Å². The second-order valence-corrected chi connectivity index (χ2v) is 8.54. The highest BCUT2D eigenvalue weighted by Crippen LogP contribution is 2.32. The largest absolute Gasteiger partial charge is 0.504 e. The highest BCUT2D eigenvalue weighted by Gasteiger charge is 2.25. The number of carbonyl (C=O) groups excluding carboxylic acids is 2. The molecule has 186 valence electrons. The fourth-order valence-electron chi connectivity index (χ4n) is 3.54. The molecule has 6 heteroatoms. The maximum atomic E-state index is 13.0. The van der Waals surface area contributed by atoms with E-state index in [9.17, 15) is 14.7 Å². The Morgan fingerprint density at radius 1 is 1.00 bits per heavy atom. The Hall–Kier alpha value is -2.50. The summed E-state index contributed by atoms with van der Waals surface area (Å²) in [6.45, 7) is 10.2. The van der Waals surface area contributed by atoms with Crippen LogP contribution in [-0.2, 0) is 19.1 Å². The van der Waals surface area contributed by atoms with E-state index in [1.165, 1.54) is 13.2 Å². The summed E-state index contributed by atoms with van der Waals surface area (Å²) in [5.74, 6) is -0.828. The van der Waals surface area contributed by atoms with Crippen molar-refractivity contribution in [3.63, 3.8) is 0 Å². The number of hydrogen-bond donors (Lipinski definition) is 1. The number of hydrogen-bond acceptors (Lipinski definition) is 6. The van der Waals surface area contributed by atoms with Crippen molar-refractivity contribution < 1.29 is 28.9 Å². The van der Waals surface area contributed by atoms with Crippen molar-refractivity contribution in [3.05, 3.63) is 28.8 Å². The molecule has 0 fully saturated rings. The van der Waals surface area contributed by atoms with Crippen molar-refractivity contribution in [3.8, 4) is 11.5 Å². The number of ether oxygens (including phenoxy) is 3. The molecule has 0 aromatic heterocycles. The van der Waals surface area contributed by atoms with Crippen molar-refractivity contribution in [2.75, 3.05) is 13.7 Å². The summed E-state index contributed by atoms with van der Waals surface area (Å²) in [7, 11) is 1.45. The van der Waals surface area contributed by atoms with E-state index in [1.54, 1.807) is 19.1 Å². The van der Waals surface area contributed by atoms with E-state index < -0.39 is 11.9 Å². The number of carbonyl (C=O) groups is 2. The van der Waals surface area contributed by atoms with Crippen LogP contribution in [0.15, 0.2) is 17.7 Å². The van der Waals surface area contributed by atoms with Gasteiger partial charge in [0.25, 0.3) is 0 Å². The van der Waals surface area contributed by atoms with Crippen LogP contribution < -0.4 is 4.74 Å². The molecule has 0 spiro atoms. The van der Waals surface area contributed by atoms with Crippen molar-refractivity contribution >= 4 is 18.0 Å². The van der Waals surface area contributed by atoms with Crippen LogP contribution in [0, 0.1) is 12.8 Å². The third-order valence-electron chi connectivity index (χ3n) is 5.86. The average molecular weight is 463 g/mol.